The van der Waals surface area contributed by atoms with Crippen LogP contribution < -0.4 is 11.1 Å². The number of carboxylic acid groups (broad SMARTS) is 1. The molecule has 0 saturated heterocycles. The van der Waals surface area contributed by atoms with Gasteiger partial charge < -0.3 is 16.2 Å². The van der Waals surface area contributed by atoms with Gasteiger partial charge in [0.1, 0.15) is 0 Å². The standard InChI is InChI=1S/C10H9I3N2O3/c1-15-4(16)2-3-6(11)5(10(17)18)8(13)9(14)7(3)12/h2,14H2,1H3,(H,15,16)(H,17,18). The molecule has 0 aromatic heterocycles. The molecule has 0 heterocycles. The van der Waals surface area contributed by atoms with Gasteiger partial charge in [0.2, 0.25) is 5.91 Å². The third-order valence-electron chi connectivity index (χ3n) is 2.27. The van der Waals surface area contributed by atoms with E-state index in [0.717, 1.165) is 3.57 Å². The number of halogens is 3. The Balaban J connectivity index is 3.52. The molecule has 0 fully saturated rings. The summed E-state index contributed by atoms with van der Waals surface area (Å²) in [4.78, 5) is 22.7. The zero-order chi connectivity index (χ0) is 14.0. The molecule has 4 N–H and O–H groups in total. The third-order valence-corrected chi connectivity index (χ3v) is 5.81. The highest BCUT2D eigenvalue weighted by Gasteiger charge is 2.23. The number of nitrogen functional groups attached to an aromatic ring is 1. The van der Waals surface area contributed by atoms with Crippen LogP contribution in [-0.4, -0.2) is 24.0 Å². The number of anilines is 1. The predicted molar refractivity (Wildman–Crippen MR) is 93.7 cm³/mol. The van der Waals surface area contributed by atoms with Crippen LogP contribution in [0.1, 0.15) is 15.9 Å². The van der Waals surface area contributed by atoms with Crippen LogP contribution in [0, 0.1) is 10.7 Å². The molecule has 0 bridgehead atoms. The number of benzene rings is 1. The fourth-order valence-corrected chi connectivity index (χ4v) is 5.34. The van der Waals surface area contributed by atoms with E-state index < -0.39 is 5.97 Å². The number of hydrogen-bond donors (Lipinski definition) is 3. The van der Waals surface area contributed by atoms with Crippen molar-refractivity contribution in [1.29, 1.82) is 0 Å². The van der Waals surface area contributed by atoms with Crippen molar-refractivity contribution in [2.45, 2.75) is 6.42 Å². The molecule has 0 atom stereocenters. The van der Waals surface area contributed by atoms with Gasteiger partial charge in [0.05, 0.1) is 21.2 Å². The zero-order valence-electron chi connectivity index (χ0n) is 9.18. The maximum absolute atomic E-state index is 11.5. The van der Waals surface area contributed by atoms with Crippen LogP contribution in [0.5, 0.6) is 0 Å². The fraction of sp³-hybridized carbons (Fsp3) is 0.200. The van der Waals surface area contributed by atoms with Crippen LogP contribution >= 0.6 is 67.8 Å². The second kappa shape index (κ2) is 6.54. The van der Waals surface area contributed by atoms with Gasteiger partial charge in [-0.3, -0.25) is 4.79 Å². The summed E-state index contributed by atoms with van der Waals surface area (Å²) in [5, 5.41) is 11.7. The highest BCUT2D eigenvalue weighted by molar-refractivity contribution is 14.1. The lowest BCUT2D eigenvalue weighted by Gasteiger charge is -2.14. The number of amides is 1. The summed E-state index contributed by atoms with van der Waals surface area (Å²) in [6.45, 7) is 0. The molecule has 98 valence electrons. The Morgan fingerprint density at radius 2 is 1.78 bits per heavy atom. The SMILES string of the molecule is CNC(=O)Cc1c(I)c(N)c(I)c(C(=O)O)c1I. The molecule has 1 aromatic rings. The minimum absolute atomic E-state index is 0.119. The molecule has 0 spiro atoms. The Morgan fingerprint density at radius 1 is 1.22 bits per heavy atom. The second-order valence-electron chi connectivity index (χ2n) is 3.36. The minimum Gasteiger partial charge on any atom is -0.478 e. The summed E-state index contributed by atoms with van der Waals surface area (Å²) in [5.41, 5.74) is 7.12. The van der Waals surface area contributed by atoms with Crippen molar-refractivity contribution in [3.63, 3.8) is 0 Å². The van der Waals surface area contributed by atoms with E-state index in [1.54, 1.807) is 0 Å². The summed E-state index contributed by atoms with van der Waals surface area (Å²) < 4.78 is 1.80. The first-order chi connectivity index (χ1) is 8.31. The molecule has 0 unspecified atom stereocenters. The second-order valence-corrected chi connectivity index (χ2v) is 6.60. The molecule has 5 nitrogen and oxygen atoms in total. The van der Waals surface area contributed by atoms with Crippen LogP contribution in [0.2, 0.25) is 0 Å². The minimum atomic E-state index is -1.04. The lowest BCUT2D eigenvalue weighted by Crippen LogP contribution is -2.22. The number of hydrogen-bond acceptors (Lipinski definition) is 3. The van der Waals surface area contributed by atoms with Gasteiger partial charge in [-0.15, -0.1) is 0 Å². The number of nitrogens with one attached hydrogen (secondary N) is 1. The van der Waals surface area contributed by atoms with E-state index in [-0.39, 0.29) is 17.9 Å². The number of rotatable bonds is 3. The summed E-state index contributed by atoms with van der Waals surface area (Å²) >= 11 is 5.90. The lowest BCUT2D eigenvalue weighted by atomic mass is 10.1. The van der Waals surface area contributed by atoms with Crippen LogP contribution in [0.3, 0.4) is 0 Å². The first-order valence-electron chi connectivity index (χ1n) is 4.69. The number of likely N-dealkylation sites (N-methyl/N-ethyl adjacent to an activating group) is 1. The van der Waals surface area contributed by atoms with Gasteiger partial charge in [-0.05, 0) is 73.3 Å². The normalized spacial score (nSPS) is 10.2. The quantitative estimate of drug-likeness (QED) is 0.374. The average molecular weight is 586 g/mol. The smallest absolute Gasteiger partial charge is 0.337 e. The van der Waals surface area contributed by atoms with Crippen molar-refractivity contribution in [2.24, 2.45) is 0 Å². The van der Waals surface area contributed by atoms with Crippen molar-refractivity contribution >= 4 is 85.3 Å². The van der Waals surface area contributed by atoms with Gasteiger partial charge in [0, 0.05) is 14.2 Å². The van der Waals surface area contributed by atoms with Crippen molar-refractivity contribution in [2.75, 3.05) is 12.8 Å². The van der Waals surface area contributed by atoms with E-state index >= 15 is 0 Å². The van der Waals surface area contributed by atoms with E-state index in [0.29, 0.717) is 18.4 Å². The van der Waals surface area contributed by atoms with Crippen molar-refractivity contribution < 1.29 is 14.7 Å². The topological polar surface area (TPSA) is 92.4 Å². The molecule has 18 heavy (non-hydrogen) atoms. The molecule has 8 heteroatoms. The number of carboxylic acids is 1. The average Bonchev–Trinajstić information content (AvgIpc) is 2.31. The highest BCUT2D eigenvalue weighted by atomic mass is 127. The van der Waals surface area contributed by atoms with E-state index in [1.165, 1.54) is 7.05 Å². The first kappa shape index (κ1) is 16.2. The Kier molecular flexibility index (Phi) is 5.89. The van der Waals surface area contributed by atoms with Crippen LogP contribution in [-0.2, 0) is 11.2 Å². The molecular formula is C10H9I3N2O3. The van der Waals surface area contributed by atoms with Crippen molar-refractivity contribution in [3.8, 4) is 0 Å². The summed E-state index contributed by atoms with van der Waals surface area (Å²) in [7, 11) is 1.54. The molecule has 0 saturated carbocycles. The molecule has 0 aliphatic heterocycles. The Labute approximate surface area is 145 Å². The van der Waals surface area contributed by atoms with Crippen LogP contribution in [0.25, 0.3) is 0 Å². The number of nitrogens with two attached hydrogens (primary N) is 1. The van der Waals surface area contributed by atoms with Crippen molar-refractivity contribution in [3.05, 3.63) is 21.8 Å². The maximum atomic E-state index is 11.5. The number of aromatic carboxylic acids is 1. The van der Waals surface area contributed by atoms with Gasteiger partial charge in [0.15, 0.2) is 0 Å². The number of carbonyl (C=O) groups is 2. The molecule has 1 amide bonds. The summed E-state index contributed by atoms with van der Waals surface area (Å²) in [5.74, 6) is -1.21. The number of carbonyl (C=O) groups excluding carboxylic acids is 1. The predicted octanol–water partition coefficient (Wildman–Crippen LogP) is 2.07. The molecular weight excluding hydrogens is 577 g/mol. The maximum Gasteiger partial charge on any atom is 0.337 e. The Hall–Kier alpha value is 0.150. The van der Waals surface area contributed by atoms with E-state index in [2.05, 4.69) is 5.32 Å². The third kappa shape index (κ3) is 3.18. The van der Waals surface area contributed by atoms with Gasteiger partial charge in [-0.1, -0.05) is 0 Å². The van der Waals surface area contributed by atoms with Gasteiger partial charge in [0.25, 0.3) is 0 Å². The van der Waals surface area contributed by atoms with Crippen LogP contribution in [0.15, 0.2) is 0 Å². The zero-order valence-corrected chi connectivity index (χ0v) is 15.7. The molecule has 1 aromatic carbocycles. The molecule has 1 rings (SSSR count). The van der Waals surface area contributed by atoms with Crippen molar-refractivity contribution in [1.82, 2.24) is 5.32 Å². The lowest BCUT2D eigenvalue weighted by molar-refractivity contribution is -0.119. The Morgan fingerprint density at radius 3 is 2.22 bits per heavy atom. The van der Waals surface area contributed by atoms with E-state index in [9.17, 15) is 14.7 Å². The summed E-state index contributed by atoms with van der Waals surface area (Å²) in [6, 6.07) is 0. The largest absolute Gasteiger partial charge is 0.478 e. The van der Waals surface area contributed by atoms with E-state index in [1.807, 2.05) is 67.8 Å². The van der Waals surface area contributed by atoms with Gasteiger partial charge in [-0.2, -0.15) is 0 Å². The first-order valence-corrected chi connectivity index (χ1v) is 7.93. The Bertz CT molecular complexity index is 532. The monoisotopic (exact) mass is 586 g/mol. The van der Waals surface area contributed by atoms with E-state index in [4.69, 9.17) is 5.73 Å². The molecule has 0 radical (unpaired) electrons. The van der Waals surface area contributed by atoms with Gasteiger partial charge in [-0.25, -0.2) is 4.79 Å². The fourth-order valence-electron chi connectivity index (χ4n) is 1.33. The highest BCUT2D eigenvalue weighted by Crippen LogP contribution is 2.33. The molecule has 0 aliphatic rings. The summed E-state index contributed by atoms with van der Waals surface area (Å²) in [6.07, 6.45) is 0.119. The van der Waals surface area contributed by atoms with Gasteiger partial charge >= 0.3 is 5.97 Å². The van der Waals surface area contributed by atoms with Crippen LogP contribution in [0.4, 0.5) is 5.69 Å². The molecule has 0 aliphatic carbocycles.